The van der Waals surface area contributed by atoms with Crippen LogP contribution in [0.15, 0.2) is 47.4 Å². The molecule has 0 spiro atoms. The first-order valence-electron chi connectivity index (χ1n) is 9.36. The van der Waals surface area contributed by atoms with E-state index in [1.807, 2.05) is 32.0 Å². The third kappa shape index (κ3) is 4.96. The molecule has 0 aliphatic heterocycles. The van der Waals surface area contributed by atoms with Crippen molar-refractivity contribution in [1.82, 2.24) is 4.72 Å². The second-order valence-electron chi connectivity index (χ2n) is 7.26. The number of amides is 1. The Labute approximate surface area is 161 Å². The smallest absolute Gasteiger partial charge is 0.255 e. The van der Waals surface area contributed by atoms with E-state index < -0.39 is 10.0 Å². The fraction of sp³-hybridized carbons (Fsp3) is 0.381. The highest BCUT2D eigenvalue weighted by molar-refractivity contribution is 7.89. The van der Waals surface area contributed by atoms with Gasteiger partial charge >= 0.3 is 0 Å². The molecule has 1 aliphatic carbocycles. The molecule has 0 bridgehead atoms. The van der Waals surface area contributed by atoms with Crippen LogP contribution in [-0.4, -0.2) is 20.4 Å². The van der Waals surface area contributed by atoms with E-state index in [0.717, 1.165) is 48.9 Å². The first-order chi connectivity index (χ1) is 12.8. The maximum atomic E-state index is 12.7. The van der Waals surface area contributed by atoms with Gasteiger partial charge in [-0.25, -0.2) is 13.1 Å². The van der Waals surface area contributed by atoms with Crippen LogP contribution < -0.4 is 10.0 Å². The molecule has 2 aromatic rings. The van der Waals surface area contributed by atoms with Gasteiger partial charge < -0.3 is 5.32 Å². The Morgan fingerprint density at radius 3 is 2.44 bits per heavy atom. The van der Waals surface area contributed by atoms with Crippen LogP contribution in [0.2, 0.25) is 0 Å². The second kappa shape index (κ2) is 8.23. The quantitative estimate of drug-likeness (QED) is 0.810. The lowest BCUT2D eigenvalue weighted by Crippen LogP contribution is -2.36. The zero-order valence-corrected chi connectivity index (χ0v) is 16.6. The summed E-state index contributed by atoms with van der Waals surface area (Å²) in [6.07, 6.45) is 4.99. The molecule has 6 heteroatoms. The highest BCUT2D eigenvalue weighted by atomic mass is 32.2. The second-order valence-corrected chi connectivity index (χ2v) is 8.97. The van der Waals surface area contributed by atoms with E-state index in [0.29, 0.717) is 5.56 Å². The van der Waals surface area contributed by atoms with E-state index in [1.54, 1.807) is 12.1 Å². The van der Waals surface area contributed by atoms with Gasteiger partial charge in [-0.2, -0.15) is 0 Å². The molecule has 1 saturated carbocycles. The van der Waals surface area contributed by atoms with Gasteiger partial charge in [0.2, 0.25) is 10.0 Å². The van der Waals surface area contributed by atoms with Crippen LogP contribution in [0.5, 0.6) is 0 Å². The molecule has 0 unspecified atom stereocenters. The Bertz CT molecular complexity index is 932. The molecule has 1 aliphatic rings. The van der Waals surface area contributed by atoms with Gasteiger partial charge in [-0.15, -0.1) is 0 Å². The van der Waals surface area contributed by atoms with E-state index in [2.05, 4.69) is 10.0 Å². The van der Waals surface area contributed by atoms with Gasteiger partial charge in [-0.1, -0.05) is 43.0 Å². The standard InChI is InChI=1S/C21H26N2O3S/c1-15-11-12-20(16(2)13-15)22-21(24)17-7-6-10-19(14-17)27(25,26)23-18-8-4-3-5-9-18/h6-7,10-14,18,23H,3-5,8-9H2,1-2H3,(H,22,24). The minimum atomic E-state index is -3.63. The predicted molar refractivity (Wildman–Crippen MR) is 108 cm³/mol. The van der Waals surface area contributed by atoms with Crippen LogP contribution in [0.4, 0.5) is 5.69 Å². The van der Waals surface area contributed by atoms with Crippen LogP contribution in [0.3, 0.4) is 0 Å². The van der Waals surface area contributed by atoms with E-state index in [4.69, 9.17) is 0 Å². The monoisotopic (exact) mass is 386 g/mol. The summed E-state index contributed by atoms with van der Waals surface area (Å²) in [7, 11) is -3.63. The molecule has 0 atom stereocenters. The molecule has 1 amide bonds. The molecule has 2 aromatic carbocycles. The van der Waals surface area contributed by atoms with Crippen molar-refractivity contribution in [3.8, 4) is 0 Å². The number of carbonyl (C=O) groups is 1. The Hall–Kier alpha value is -2.18. The molecule has 1 fully saturated rings. The number of anilines is 1. The van der Waals surface area contributed by atoms with Crippen molar-refractivity contribution in [2.45, 2.75) is 56.9 Å². The molecule has 0 radical (unpaired) electrons. The summed E-state index contributed by atoms with van der Waals surface area (Å²) in [6, 6.07) is 11.9. The maximum Gasteiger partial charge on any atom is 0.255 e. The predicted octanol–water partition coefficient (Wildman–Crippen LogP) is 4.17. The number of carbonyl (C=O) groups excluding carboxylic acids is 1. The third-order valence-electron chi connectivity index (χ3n) is 4.96. The Morgan fingerprint density at radius 2 is 1.74 bits per heavy atom. The van der Waals surface area contributed by atoms with E-state index in [-0.39, 0.29) is 16.8 Å². The number of benzene rings is 2. The highest BCUT2D eigenvalue weighted by Crippen LogP contribution is 2.21. The SMILES string of the molecule is Cc1ccc(NC(=O)c2cccc(S(=O)(=O)NC3CCCCC3)c2)c(C)c1. The van der Waals surface area contributed by atoms with Gasteiger partial charge in [0, 0.05) is 17.3 Å². The lowest BCUT2D eigenvalue weighted by Gasteiger charge is -2.22. The third-order valence-corrected chi connectivity index (χ3v) is 6.48. The van der Waals surface area contributed by atoms with Gasteiger partial charge in [0.25, 0.3) is 5.91 Å². The zero-order valence-electron chi connectivity index (χ0n) is 15.8. The normalized spacial score (nSPS) is 15.5. The fourth-order valence-electron chi connectivity index (χ4n) is 3.46. The lowest BCUT2D eigenvalue weighted by molar-refractivity contribution is 0.102. The Morgan fingerprint density at radius 1 is 1.00 bits per heavy atom. The molecular formula is C21H26N2O3S. The average molecular weight is 387 g/mol. The molecule has 3 rings (SSSR count). The van der Waals surface area contributed by atoms with E-state index in [1.165, 1.54) is 12.1 Å². The summed E-state index contributed by atoms with van der Waals surface area (Å²) < 4.78 is 28.1. The molecule has 0 aromatic heterocycles. The number of rotatable bonds is 5. The van der Waals surface area contributed by atoms with Gasteiger partial charge in [0.15, 0.2) is 0 Å². The van der Waals surface area contributed by atoms with Crippen molar-refractivity contribution in [2.24, 2.45) is 0 Å². The van der Waals surface area contributed by atoms with Crippen LogP contribution in [0.25, 0.3) is 0 Å². The molecule has 2 N–H and O–H groups in total. The number of aryl methyl sites for hydroxylation is 2. The summed E-state index contributed by atoms with van der Waals surface area (Å²) in [6.45, 7) is 3.92. The Kier molecular flexibility index (Phi) is 5.97. The zero-order chi connectivity index (χ0) is 19.4. The molecule has 5 nitrogen and oxygen atoms in total. The summed E-state index contributed by atoms with van der Waals surface area (Å²) in [4.78, 5) is 12.7. The molecule has 0 heterocycles. The number of hydrogen-bond acceptors (Lipinski definition) is 3. The topological polar surface area (TPSA) is 75.3 Å². The van der Waals surface area contributed by atoms with Crippen LogP contribution in [0.1, 0.15) is 53.6 Å². The summed E-state index contributed by atoms with van der Waals surface area (Å²) >= 11 is 0. The number of nitrogens with one attached hydrogen (secondary N) is 2. The largest absolute Gasteiger partial charge is 0.322 e. The summed E-state index contributed by atoms with van der Waals surface area (Å²) in [5.74, 6) is -0.323. The van der Waals surface area contributed by atoms with Crippen LogP contribution in [-0.2, 0) is 10.0 Å². The minimum Gasteiger partial charge on any atom is -0.322 e. The maximum absolute atomic E-state index is 12.7. The number of hydrogen-bond donors (Lipinski definition) is 2. The summed E-state index contributed by atoms with van der Waals surface area (Å²) in [5.41, 5.74) is 3.12. The highest BCUT2D eigenvalue weighted by Gasteiger charge is 2.22. The fourth-order valence-corrected chi connectivity index (χ4v) is 4.81. The molecular weight excluding hydrogens is 360 g/mol. The van der Waals surface area contributed by atoms with Crippen molar-refractivity contribution in [2.75, 3.05) is 5.32 Å². The first kappa shape index (κ1) is 19.6. The molecule has 144 valence electrons. The van der Waals surface area contributed by atoms with Gasteiger partial charge in [0.05, 0.1) is 4.90 Å². The molecule has 0 saturated heterocycles. The number of sulfonamides is 1. The van der Waals surface area contributed by atoms with Gasteiger partial charge in [-0.05, 0) is 56.5 Å². The van der Waals surface area contributed by atoms with Crippen molar-refractivity contribution in [3.05, 3.63) is 59.2 Å². The first-order valence-corrected chi connectivity index (χ1v) is 10.8. The Balaban J connectivity index is 1.76. The van der Waals surface area contributed by atoms with Gasteiger partial charge in [-0.3, -0.25) is 4.79 Å². The minimum absolute atomic E-state index is 0.0172. The average Bonchev–Trinajstić information content (AvgIpc) is 2.64. The van der Waals surface area contributed by atoms with Crippen LogP contribution >= 0.6 is 0 Å². The van der Waals surface area contributed by atoms with Crippen molar-refractivity contribution < 1.29 is 13.2 Å². The van der Waals surface area contributed by atoms with E-state index >= 15 is 0 Å². The van der Waals surface area contributed by atoms with Gasteiger partial charge in [0.1, 0.15) is 0 Å². The van der Waals surface area contributed by atoms with Crippen molar-refractivity contribution in [3.63, 3.8) is 0 Å². The molecule has 27 heavy (non-hydrogen) atoms. The van der Waals surface area contributed by atoms with Crippen LogP contribution in [0, 0.1) is 13.8 Å². The van der Waals surface area contributed by atoms with E-state index in [9.17, 15) is 13.2 Å². The van der Waals surface area contributed by atoms with Crippen molar-refractivity contribution in [1.29, 1.82) is 0 Å². The lowest BCUT2D eigenvalue weighted by atomic mass is 9.96. The van der Waals surface area contributed by atoms with Crippen molar-refractivity contribution >= 4 is 21.6 Å². The summed E-state index contributed by atoms with van der Waals surface area (Å²) in [5, 5.41) is 2.86.